The van der Waals surface area contributed by atoms with Crippen molar-refractivity contribution in [2.24, 2.45) is 0 Å². The number of carbonyl (C=O) groups excluding carboxylic acids is 1. The number of nitrogens with one attached hydrogen (secondary N) is 1. The van der Waals surface area contributed by atoms with Crippen LogP contribution in [-0.4, -0.2) is 27.1 Å². The Balaban J connectivity index is 1.93. The Labute approximate surface area is 137 Å². The molecule has 0 aromatic heterocycles. The maximum atomic E-state index is 12.1. The van der Waals surface area contributed by atoms with E-state index in [-0.39, 0.29) is 10.8 Å². The third kappa shape index (κ3) is 4.93. The van der Waals surface area contributed by atoms with E-state index in [2.05, 4.69) is 24.4 Å². The highest BCUT2D eigenvalue weighted by molar-refractivity contribution is 7.90. The predicted molar refractivity (Wildman–Crippen MR) is 91.4 cm³/mol. The molecule has 2 aromatic rings. The van der Waals surface area contributed by atoms with Crippen molar-refractivity contribution in [3.8, 4) is 0 Å². The molecule has 1 atom stereocenters. The smallest absolute Gasteiger partial charge is 0.251 e. The highest BCUT2D eigenvalue weighted by Crippen LogP contribution is 2.17. The van der Waals surface area contributed by atoms with Gasteiger partial charge in [-0.25, -0.2) is 8.42 Å². The van der Waals surface area contributed by atoms with E-state index in [4.69, 9.17) is 0 Å². The van der Waals surface area contributed by atoms with E-state index in [9.17, 15) is 13.2 Å². The first-order valence-corrected chi connectivity index (χ1v) is 9.40. The van der Waals surface area contributed by atoms with Crippen LogP contribution in [0.5, 0.6) is 0 Å². The highest BCUT2D eigenvalue weighted by atomic mass is 32.2. The van der Waals surface area contributed by atoms with E-state index >= 15 is 0 Å². The minimum atomic E-state index is -3.31. The molecule has 0 bridgehead atoms. The van der Waals surface area contributed by atoms with E-state index in [1.54, 1.807) is 12.1 Å². The average Bonchev–Trinajstić information content (AvgIpc) is 2.54. The topological polar surface area (TPSA) is 63.2 Å². The van der Waals surface area contributed by atoms with Crippen molar-refractivity contribution in [1.82, 2.24) is 5.32 Å². The minimum Gasteiger partial charge on any atom is -0.352 e. The maximum Gasteiger partial charge on any atom is 0.251 e. The van der Waals surface area contributed by atoms with Gasteiger partial charge in [-0.15, -0.1) is 0 Å². The van der Waals surface area contributed by atoms with E-state index in [0.29, 0.717) is 18.0 Å². The van der Waals surface area contributed by atoms with Crippen LogP contribution >= 0.6 is 0 Å². The average molecular weight is 331 g/mol. The predicted octanol–water partition coefficient (Wildman–Crippen LogP) is 3.01. The summed E-state index contributed by atoms with van der Waals surface area (Å²) in [6.07, 6.45) is 1.95. The lowest BCUT2D eigenvalue weighted by atomic mass is 9.98. The van der Waals surface area contributed by atoms with Crippen LogP contribution in [0.2, 0.25) is 0 Å². The molecule has 0 radical (unpaired) electrons. The van der Waals surface area contributed by atoms with Gasteiger partial charge >= 0.3 is 0 Å². The summed E-state index contributed by atoms with van der Waals surface area (Å²) < 4.78 is 23.1. The van der Waals surface area contributed by atoms with Crippen LogP contribution in [0.15, 0.2) is 59.5 Å². The number of amides is 1. The van der Waals surface area contributed by atoms with Crippen LogP contribution in [0, 0.1) is 0 Å². The Morgan fingerprint density at radius 1 is 1.09 bits per heavy atom. The Kier molecular flexibility index (Phi) is 5.55. The van der Waals surface area contributed by atoms with Gasteiger partial charge in [0.05, 0.1) is 4.90 Å². The van der Waals surface area contributed by atoms with Crippen molar-refractivity contribution in [3.63, 3.8) is 0 Å². The molecule has 1 amide bonds. The van der Waals surface area contributed by atoms with Gasteiger partial charge in [0, 0.05) is 18.4 Å². The summed E-state index contributed by atoms with van der Waals surface area (Å²) in [5.74, 6) is 0.0922. The summed E-state index contributed by atoms with van der Waals surface area (Å²) in [6.45, 7) is 2.66. The Hall–Kier alpha value is -2.14. The molecule has 0 aliphatic rings. The SMILES string of the molecule is C[C@H](CCNC(=O)c1cccc(S(C)(=O)=O)c1)c1ccccc1. The van der Waals surface area contributed by atoms with Crippen LogP contribution in [0.4, 0.5) is 0 Å². The first-order valence-electron chi connectivity index (χ1n) is 7.51. The number of benzene rings is 2. The van der Waals surface area contributed by atoms with Crippen molar-refractivity contribution in [2.45, 2.75) is 24.2 Å². The van der Waals surface area contributed by atoms with E-state index in [1.165, 1.54) is 17.7 Å². The molecule has 0 aliphatic heterocycles. The van der Waals surface area contributed by atoms with E-state index in [1.807, 2.05) is 18.2 Å². The van der Waals surface area contributed by atoms with Crippen molar-refractivity contribution < 1.29 is 13.2 Å². The third-order valence-corrected chi connectivity index (χ3v) is 4.87. The van der Waals surface area contributed by atoms with Crippen molar-refractivity contribution in [2.75, 3.05) is 12.8 Å². The van der Waals surface area contributed by atoms with Gasteiger partial charge in [-0.05, 0) is 36.1 Å². The second kappa shape index (κ2) is 7.42. The molecule has 0 saturated carbocycles. The zero-order valence-corrected chi connectivity index (χ0v) is 14.1. The molecule has 0 saturated heterocycles. The molecule has 1 N–H and O–H groups in total. The van der Waals surface area contributed by atoms with Crippen molar-refractivity contribution >= 4 is 15.7 Å². The lowest BCUT2D eigenvalue weighted by molar-refractivity contribution is 0.0952. The number of hydrogen-bond acceptors (Lipinski definition) is 3. The largest absolute Gasteiger partial charge is 0.352 e. The molecule has 23 heavy (non-hydrogen) atoms. The summed E-state index contributed by atoms with van der Waals surface area (Å²) in [4.78, 5) is 12.3. The minimum absolute atomic E-state index is 0.155. The standard InChI is InChI=1S/C18H21NO3S/c1-14(15-7-4-3-5-8-15)11-12-19-18(20)16-9-6-10-17(13-16)23(2,21)22/h3-10,13-14H,11-12H2,1-2H3,(H,19,20)/t14-/m1/s1. The van der Waals surface area contributed by atoms with Gasteiger partial charge in [-0.2, -0.15) is 0 Å². The third-order valence-electron chi connectivity index (χ3n) is 3.76. The van der Waals surface area contributed by atoms with Gasteiger partial charge in [0.1, 0.15) is 0 Å². The number of rotatable bonds is 6. The first-order chi connectivity index (χ1) is 10.9. The fourth-order valence-electron chi connectivity index (χ4n) is 2.32. The normalized spacial score (nSPS) is 12.6. The molecule has 0 unspecified atom stereocenters. The quantitative estimate of drug-likeness (QED) is 0.885. The molecule has 122 valence electrons. The molecule has 0 spiro atoms. The van der Waals surface area contributed by atoms with Crippen LogP contribution in [0.3, 0.4) is 0 Å². The second-order valence-corrected chi connectivity index (χ2v) is 7.67. The Morgan fingerprint density at radius 2 is 1.78 bits per heavy atom. The molecule has 2 rings (SSSR count). The molecule has 0 fully saturated rings. The number of carbonyl (C=O) groups is 1. The van der Waals surface area contributed by atoms with Crippen LogP contribution in [-0.2, 0) is 9.84 Å². The van der Waals surface area contributed by atoms with Crippen molar-refractivity contribution in [1.29, 1.82) is 0 Å². The second-order valence-electron chi connectivity index (χ2n) is 5.66. The number of hydrogen-bond donors (Lipinski definition) is 1. The first kappa shape index (κ1) is 17.2. The van der Waals surface area contributed by atoms with Gasteiger partial charge < -0.3 is 5.32 Å². The summed E-state index contributed by atoms with van der Waals surface area (Å²) in [7, 11) is -3.31. The van der Waals surface area contributed by atoms with E-state index < -0.39 is 9.84 Å². The van der Waals surface area contributed by atoms with Gasteiger partial charge in [0.2, 0.25) is 0 Å². The van der Waals surface area contributed by atoms with Gasteiger partial charge in [-0.3, -0.25) is 4.79 Å². The summed E-state index contributed by atoms with van der Waals surface area (Å²) in [6, 6.07) is 16.2. The summed E-state index contributed by atoms with van der Waals surface area (Å²) >= 11 is 0. The fourth-order valence-corrected chi connectivity index (χ4v) is 2.99. The van der Waals surface area contributed by atoms with Gasteiger partial charge in [0.25, 0.3) is 5.91 Å². The van der Waals surface area contributed by atoms with Crippen molar-refractivity contribution in [3.05, 3.63) is 65.7 Å². The molecule has 0 heterocycles. The Bertz CT molecular complexity index is 770. The molecular formula is C18H21NO3S. The van der Waals surface area contributed by atoms with Crippen LogP contribution in [0.25, 0.3) is 0 Å². The maximum absolute atomic E-state index is 12.1. The molecular weight excluding hydrogens is 310 g/mol. The molecule has 0 aliphatic carbocycles. The van der Waals surface area contributed by atoms with Crippen LogP contribution in [0.1, 0.15) is 35.2 Å². The fraction of sp³-hybridized carbons (Fsp3) is 0.278. The monoisotopic (exact) mass is 331 g/mol. The molecule has 5 heteroatoms. The van der Waals surface area contributed by atoms with Gasteiger partial charge in [-0.1, -0.05) is 43.3 Å². The summed E-state index contributed by atoms with van der Waals surface area (Å²) in [5, 5.41) is 2.84. The highest BCUT2D eigenvalue weighted by Gasteiger charge is 2.12. The van der Waals surface area contributed by atoms with Gasteiger partial charge in [0.15, 0.2) is 9.84 Å². The summed E-state index contributed by atoms with van der Waals surface area (Å²) in [5.41, 5.74) is 1.60. The lowest BCUT2D eigenvalue weighted by Gasteiger charge is -2.12. The zero-order chi connectivity index (χ0) is 16.9. The molecule has 2 aromatic carbocycles. The van der Waals surface area contributed by atoms with E-state index in [0.717, 1.165) is 12.7 Å². The number of sulfone groups is 1. The Morgan fingerprint density at radius 3 is 2.43 bits per heavy atom. The lowest BCUT2D eigenvalue weighted by Crippen LogP contribution is -2.25. The zero-order valence-electron chi connectivity index (χ0n) is 13.3. The van der Waals surface area contributed by atoms with Crippen LogP contribution < -0.4 is 5.32 Å². The molecule has 4 nitrogen and oxygen atoms in total.